The molecule has 0 atom stereocenters. The summed E-state index contributed by atoms with van der Waals surface area (Å²) in [6.45, 7) is 10.2. The van der Waals surface area contributed by atoms with Crippen LogP contribution in [0.15, 0.2) is 200 Å². The highest BCUT2D eigenvalue weighted by Gasteiger charge is 2.46. The molecule has 0 N–H and O–H groups in total. The van der Waals surface area contributed by atoms with E-state index in [1.54, 1.807) is 0 Å². The third-order valence-corrected chi connectivity index (χ3v) is 24.0. The maximum absolute atomic E-state index is 7.22. The average Bonchev–Trinajstić information content (AvgIpc) is 4.25. The van der Waals surface area contributed by atoms with Crippen molar-refractivity contribution in [1.29, 1.82) is 0 Å². The molecule has 11 aromatic carbocycles. The van der Waals surface area contributed by atoms with Gasteiger partial charge in [-0.3, -0.25) is 0 Å². The zero-order valence-electron chi connectivity index (χ0n) is 40.0. The Morgan fingerprint density at radius 2 is 0.556 bits per heavy atom. The molecule has 338 valence electrons. The van der Waals surface area contributed by atoms with Crippen LogP contribution in [0.1, 0.15) is 0 Å². The normalized spacial score (nSPS) is 14.6. The molecule has 0 aliphatic carbocycles. The molecule has 15 aromatic rings. The molecular formula is C66H42O4Si2. The topological polar surface area (TPSA) is 52.6 Å². The third kappa shape index (κ3) is 4.77. The predicted octanol–water partition coefficient (Wildman–Crippen LogP) is 16.5. The van der Waals surface area contributed by atoms with Crippen LogP contribution in [-0.2, 0) is 0 Å². The molecule has 0 saturated carbocycles. The van der Waals surface area contributed by atoms with Gasteiger partial charge in [-0.1, -0.05) is 172 Å². The lowest BCUT2D eigenvalue weighted by atomic mass is 9.89. The molecule has 17 rings (SSSR count). The monoisotopic (exact) mass is 954 g/mol. The Morgan fingerprint density at radius 3 is 0.944 bits per heavy atom. The lowest BCUT2D eigenvalue weighted by molar-refractivity contribution is 0.669. The first-order valence-electron chi connectivity index (χ1n) is 25.1. The number of furan rings is 4. The Bertz CT molecular complexity index is 4680. The summed E-state index contributed by atoms with van der Waals surface area (Å²) in [7, 11) is -4.83. The molecular weight excluding hydrogens is 913 g/mol. The summed E-state index contributed by atoms with van der Waals surface area (Å²) >= 11 is 0. The second kappa shape index (κ2) is 13.3. The van der Waals surface area contributed by atoms with Crippen LogP contribution in [0, 0.1) is 0 Å². The van der Waals surface area contributed by atoms with Gasteiger partial charge in [0, 0.05) is 54.2 Å². The standard InChI is InChI=1S/C66H42O4Si2/c1-71(2)55-33-48-56(34-47(55)63-57(71)31-45(61-41-23-11-15-27-51(41)69-65(61)63)43-29-53-59(37-19-7-5-17-35(37)43)39-21-9-13-25-49(39)67-53)72(3,4)58-32-46(62-42-24-12-16-28-52(42)70-66(62)64(48)58)44-30-54-60(38-20-8-6-18-36(38)44)40-22-10-14-26-50(40)68-54/h5-34H,1-4H3. The van der Waals surface area contributed by atoms with Crippen LogP contribution in [0.2, 0.25) is 26.2 Å². The Labute approximate surface area is 414 Å². The number of hydrogen-bond acceptors (Lipinski definition) is 4. The smallest absolute Gasteiger partial charge is 0.143 e. The van der Waals surface area contributed by atoms with E-state index >= 15 is 0 Å². The molecule has 0 unspecified atom stereocenters. The molecule has 2 aliphatic heterocycles. The predicted molar refractivity (Wildman–Crippen MR) is 306 cm³/mol. The van der Waals surface area contributed by atoms with Gasteiger partial charge in [-0.25, -0.2) is 0 Å². The van der Waals surface area contributed by atoms with Gasteiger partial charge in [-0.2, -0.15) is 0 Å². The number of rotatable bonds is 2. The molecule has 0 bridgehead atoms. The van der Waals surface area contributed by atoms with Crippen LogP contribution >= 0.6 is 0 Å². The number of para-hydroxylation sites is 4. The molecule has 0 fully saturated rings. The Balaban J connectivity index is 0.936. The molecule has 72 heavy (non-hydrogen) atoms. The minimum Gasteiger partial charge on any atom is -0.456 e. The van der Waals surface area contributed by atoms with Crippen molar-refractivity contribution >= 4 is 146 Å². The maximum Gasteiger partial charge on any atom is 0.143 e. The summed E-state index contributed by atoms with van der Waals surface area (Å²) in [5.74, 6) is 0. The first kappa shape index (κ1) is 39.3. The van der Waals surface area contributed by atoms with Gasteiger partial charge in [-0.05, 0) is 112 Å². The molecule has 6 heterocycles. The molecule has 0 radical (unpaired) electrons. The van der Waals surface area contributed by atoms with Crippen molar-refractivity contribution < 1.29 is 17.7 Å². The fourth-order valence-corrected chi connectivity index (χ4v) is 19.8. The van der Waals surface area contributed by atoms with E-state index < -0.39 is 16.1 Å². The molecule has 4 aromatic heterocycles. The van der Waals surface area contributed by atoms with Crippen LogP contribution in [0.5, 0.6) is 0 Å². The summed E-state index contributed by atoms with van der Waals surface area (Å²) in [4.78, 5) is 0. The third-order valence-electron chi connectivity index (χ3n) is 17.0. The van der Waals surface area contributed by atoms with Crippen molar-refractivity contribution in [3.8, 4) is 44.5 Å². The largest absolute Gasteiger partial charge is 0.456 e. The van der Waals surface area contributed by atoms with Crippen LogP contribution in [0.3, 0.4) is 0 Å². The van der Waals surface area contributed by atoms with Gasteiger partial charge in [0.1, 0.15) is 60.8 Å². The van der Waals surface area contributed by atoms with E-state index in [1.165, 1.54) is 75.7 Å². The average molecular weight is 955 g/mol. The summed E-state index contributed by atoms with van der Waals surface area (Å²) < 4.78 is 27.8. The summed E-state index contributed by atoms with van der Waals surface area (Å²) in [5, 5.41) is 19.7. The summed E-state index contributed by atoms with van der Waals surface area (Å²) in [6.07, 6.45) is 0. The fraction of sp³-hybridized carbons (Fsp3) is 0.0606. The molecule has 2 aliphatic rings. The van der Waals surface area contributed by atoms with E-state index in [2.05, 4.69) is 208 Å². The van der Waals surface area contributed by atoms with Crippen LogP contribution in [0.25, 0.3) is 154 Å². The highest BCUT2D eigenvalue weighted by molar-refractivity contribution is 7.06. The van der Waals surface area contributed by atoms with Crippen LogP contribution in [-0.4, -0.2) is 16.1 Å². The molecule has 6 heteroatoms. The second-order valence-electron chi connectivity index (χ2n) is 21.4. The van der Waals surface area contributed by atoms with Gasteiger partial charge in [0.15, 0.2) is 0 Å². The van der Waals surface area contributed by atoms with Crippen molar-refractivity contribution in [2.24, 2.45) is 0 Å². The molecule has 0 saturated heterocycles. The van der Waals surface area contributed by atoms with Crippen molar-refractivity contribution in [3.63, 3.8) is 0 Å². The maximum atomic E-state index is 7.22. The van der Waals surface area contributed by atoms with Gasteiger partial charge in [0.25, 0.3) is 0 Å². The van der Waals surface area contributed by atoms with E-state index in [0.717, 1.165) is 98.9 Å². The van der Waals surface area contributed by atoms with Crippen molar-refractivity contribution in [2.75, 3.05) is 0 Å². The lowest BCUT2D eigenvalue weighted by Gasteiger charge is -2.22. The van der Waals surface area contributed by atoms with Gasteiger partial charge in [0.2, 0.25) is 0 Å². The van der Waals surface area contributed by atoms with E-state index in [4.69, 9.17) is 17.7 Å². The van der Waals surface area contributed by atoms with E-state index in [-0.39, 0.29) is 0 Å². The van der Waals surface area contributed by atoms with Crippen molar-refractivity contribution in [1.82, 2.24) is 0 Å². The molecule has 0 spiro atoms. The number of hydrogen-bond donors (Lipinski definition) is 0. The highest BCUT2D eigenvalue weighted by Crippen LogP contribution is 2.51. The van der Waals surface area contributed by atoms with Crippen molar-refractivity contribution in [2.45, 2.75) is 26.2 Å². The van der Waals surface area contributed by atoms with Gasteiger partial charge in [-0.15, -0.1) is 0 Å². The second-order valence-corrected chi connectivity index (χ2v) is 30.0. The lowest BCUT2D eigenvalue weighted by Crippen LogP contribution is -2.51. The van der Waals surface area contributed by atoms with Gasteiger partial charge >= 0.3 is 0 Å². The minimum absolute atomic E-state index is 0.900. The Hall–Kier alpha value is -8.43. The zero-order valence-corrected chi connectivity index (χ0v) is 42.0. The van der Waals surface area contributed by atoms with Crippen LogP contribution < -0.4 is 20.7 Å². The quantitative estimate of drug-likeness (QED) is 0.162. The van der Waals surface area contributed by atoms with Gasteiger partial charge < -0.3 is 17.7 Å². The van der Waals surface area contributed by atoms with Gasteiger partial charge in [0.05, 0.1) is 0 Å². The zero-order chi connectivity index (χ0) is 47.5. The highest BCUT2D eigenvalue weighted by atomic mass is 28.3. The van der Waals surface area contributed by atoms with Crippen molar-refractivity contribution in [3.05, 3.63) is 182 Å². The fourth-order valence-electron chi connectivity index (χ4n) is 13.7. The Kier molecular flexibility index (Phi) is 7.26. The van der Waals surface area contributed by atoms with E-state index in [9.17, 15) is 0 Å². The molecule has 0 amide bonds. The number of benzene rings is 11. The summed E-state index contributed by atoms with van der Waals surface area (Å²) in [6, 6.07) is 66.6. The minimum atomic E-state index is -2.41. The molecule has 4 nitrogen and oxygen atoms in total. The first-order chi connectivity index (χ1) is 35.2. The van der Waals surface area contributed by atoms with Crippen LogP contribution in [0.4, 0.5) is 0 Å². The first-order valence-corrected chi connectivity index (χ1v) is 31.1. The van der Waals surface area contributed by atoms with E-state index in [1.807, 2.05) is 0 Å². The Morgan fingerprint density at radius 1 is 0.250 bits per heavy atom. The van der Waals surface area contributed by atoms with E-state index in [0.29, 0.717) is 0 Å². The summed E-state index contributed by atoms with van der Waals surface area (Å²) in [5.41, 5.74) is 17.2. The SMILES string of the molecule is C[Si]1(C)c2cc3c(cc2-c2c1cc(-c1cc4oc5ccccc5c4c4ccccc14)c1c2oc2ccccc21)[Si](C)(C)c1cc(-c2cc4oc5ccccc5c4c4ccccc24)c2c(oc4ccccc42)c1-3. The number of fused-ring (bicyclic) bond motifs is 24.